The van der Waals surface area contributed by atoms with Gasteiger partial charge in [0.1, 0.15) is 15.6 Å². The third-order valence-electron chi connectivity index (χ3n) is 4.03. The second kappa shape index (κ2) is 8.86. The zero-order chi connectivity index (χ0) is 18.4. The van der Waals surface area contributed by atoms with Gasteiger partial charge in [0.05, 0.1) is 12.4 Å². The normalized spacial score (nSPS) is 11.5. The van der Waals surface area contributed by atoms with Crippen LogP contribution in [0.4, 0.5) is 0 Å². The van der Waals surface area contributed by atoms with Crippen molar-refractivity contribution in [2.75, 3.05) is 23.9 Å². The Morgan fingerprint density at radius 1 is 1.08 bits per heavy atom. The monoisotopic (exact) mass is 424 g/mol. The summed E-state index contributed by atoms with van der Waals surface area (Å²) in [7, 11) is -2.93. The highest BCUT2D eigenvalue weighted by Gasteiger charge is 2.10. The molecule has 0 aliphatic rings. The molecule has 0 aromatic heterocycles. The SMILES string of the molecule is Cc1cc(OCCCS(C)(=O)=O)cc(C)c1-c1cccc(CCBr)c1. The summed E-state index contributed by atoms with van der Waals surface area (Å²) in [6.07, 6.45) is 2.76. The van der Waals surface area contributed by atoms with Crippen LogP contribution in [0, 0.1) is 13.8 Å². The van der Waals surface area contributed by atoms with E-state index in [2.05, 4.69) is 54.0 Å². The van der Waals surface area contributed by atoms with Crippen molar-refractivity contribution in [1.82, 2.24) is 0 Å². The predicted molar refractivity (Wildman–Crippen MR) is 109 cm³/mol. The van der Waals surface area contributed by atoms with E-state index in [0.717, 1.165) is 28.6 Å². The van der Waals surface area contributed by atoms with Crippen molar-refractivity contribution in [3.8, 4) is 16.9 Å². The number of benzene rings is 2. The molecule has 0 spiro atoms. The van der Waals surface area contributed by atoms with Crippen LogP contribution in [0.15, 0.2) is 36.4 Å². The molecule has 25 heavy (non-hydrogen) atoms. The molecule has 0 saturated heterocycles. The average molecular weight is 425 g/mol. The lowest BCUT2D eigenvalue weighted by Gasteiger charge is -2.14. The summed E-state index contributed by atoms with van der Waals surface area (Å²) >= 11 is 3.49. The van der Waals surface area contributed by atoms with E-state index in [1.165, 1.54) is 22.9 Å². The highest BCUT2D eigenvalue weighted by atomic mass is 79.9. The minimum Gasteiger partial charge on any atom is -0.494 e. The van der Waals surface area contributed by atoms with E-state index < -0.39 is 9.84 Å². The van der Waals surface area contributed by atoms with Crippen LogP contribution in [-0.2, 0) is 16.3 Å². The minimum atomic E-state index is -2.93. The Labute approximate surface area is 159 Å². The zero-order valence-electron chi connectivity index (χ0n) is 15.0. The van der Waals surface area contributed by atoms with Crippen LogP contribution in [0.2, 0.25) is 0 Å². The second-order valence-electron chi connectivity index (χ2n) is 6.40. The van der Waals surface area contributed by atoms with Gasteiger partial charge in [-0.05, 0) is 66.6 Å². The summed E-state index contributed by atoms with van der Waals surface area (Å²) in [6, 6.07) is 12.7. The van der Waals surface area contributed by atoms with Crippen molar-refractivity contribution in [3.05, 3.63) is 53.1 Å². The molecule has 0 N–H and O–H groups in total. The molecule has 2 aromatic rings. The molecule has 0 heterocycles. The maximum Gasteiger partial charge on any atom is 0.147 e. The molecule has 3 nitrogen and oxygen atoms in total. The fraction of sp³-hybridized carbons (Fsp3) is 0.400. The first kappa shape index (κ1) is 20.0. The van der Waals surface area contributed by atoms with E-state index in [1.54, 1.807) is 0 Å². The van der Waals surface area contributed by atoms with Crippen molar-refractivity contribution >= 4 is 25.8 Å². The summed E-state index contributed by atoms with van der Waals surface area (Å²) in [4.78, 5) is 0. The molecule has 0 aliphatic carbocycles. The molecule has 0 aliphatic heterocycles. The van der Waals surface area contributed by atoms with Crippen molar-refractivity contribution in [2.24, 2.45) is 0 Å². The number of halogens is 1. The standard InChI is InChI=1S/C20H25BrO3S/c1-15-12-19(24-10-5-11-25(3,22)23)13-16(2)20(15)18-7-4-6-17(14-18)8-9-21/h4,6-7,12-14H,5,8-11H2,1-3H3. The van der Waals surface area contributed by atoms with Crippen molar-refractivity contribution in [2.45, 2.75) is 26.7 Å². The van der Waals surface area contributed by atoms with E-state index in [0.29, 0.717) is 13.0 Å². The van der Waals surface area contributed by atoms with Crippen LogP contribution < -0.4 is 4.74 Å². The second-order valence-corrected chi connectivity index (χ2v) is 9.46. The summed E-state index contributed by atoms with van der Waals surface area (Å²) in [5.74, 6) is 0.951. The minimum absolute atomic E-state index is 0.156. The van der Waals surface area contributed by atoms with Gasteiger partial charge in [-0.1, -0.05) is 40.2 Å². The number of sulfone groups is 1. The lowest BCUT2D eigenvalue weighted by atomic mass is 9.94. The number of ether oxygens (including phenoxy) is 1. The van der Waals surface area contributed by atoms with Crippen LogP contribution in [0.3, 0.4) is 0 Å². The molecule has 0 amide bonds. The van der Waals surface area contributed by atoms with Gasteiger partial charge >= 0.3 is 0 Å². The predicted octanol–water partition coefficient (Wildman–Crippen LogP) is 4.72. The fourth-order valence-electron chi connectivity index (χ4n) is 2.97. The highest BCUT2D eigenvalue weighted by Crippen LogP contribution is 2.31. The van der Waals surface area contributed by atoms with Gasteiger partial charge in [0.25, 0.3) is 0 Å². The molecule has 0 fully saturated rings. The molecule has 2 aromatic carbocycles. The number of hydrogen-bond acceptors (Lipinski definition) is 3. The average Bonchev–Trinajstić information content (AvgIpc) is 2.51. The summed E-state index contributed by atoms with van der Waals surface area (Å²) in [6.45, 7) is 4.58. The Balaban J connectivity index is 2.16. The molecule has 0 atom stereocenters. The number of hydrogen-bond donors (Lipinski definition) is 0. The largest absolute Gasteiger partial charge is 0.494 e. The molecule has 0 unspecified atom stereocenters. The fourth-order valence-corrected chi connectivity index (χ4v) is 4.07. The van der Waals surface area contributed by atoms with Crippen LogP contribution in [0.25, 0.3) is 11.1 Å². The van der Waals surface area contributed by atoms with E-state index in [4.69, 9.17) is 4.74 Å². The van der Waals surface area contributed by atoms with Gasteiger partial charge in [-0.3, -0.25) is 0 Å². The molecular formula is C20H25BrO3S. The van der Waals surface area contributed by atoms with Crippen LogP contribution >= 0.6 is 15.9 Å². The molecule has 0 radical (unpaired) electrons. The van der Waals surface area contributed by atoms with Gasteiger partial charge in [0.2, 0.25) is 0 Å². The van der Waals surface area contributed by atoms with Crippen molar-refractivity contribution < 1.29 is 13.2 Å². The lowest BCUT2D eigenvalue weighted by Crippen LogP contribution is -2.08. The first-order valence-corrected chi connectivity index (χ1v) is 11.6. The van der Waals surface area contributed by atoms with Crippen LogP contribution in [0.5, 0.6) is 5.75 Å². The van der Waals surface area contributed by atoms with E-state index in [-0.39, 0.29) is 5.75 Å². The first-order valence-electron chi connectivity index (χ1n) is 8.37. The van der Waals surface area contributed by atoms with Crippen molar-refractivity contribution in [1.29, 1.82) is 0 Å². The lowest BCUT2D eigenvalue weighted by molar-refractivity contribution is 0.317. The first-order chi connectivity index (χ1) is 11.8. The molecule has 136 valence electrons. The Kier molecular flexibility index (Phi) is 7.08. The quantitative estimate of drug-likeness (QED) is 0.454. The summed E-state index contributed by atoms with van der Waals surface area (Å²) < 4.78 is 28.1. The maximum absolute atomic E-state index is 11.2. The third-order valence-corrected chi connectivity index (χ3v) is 5.46. The highest BCUT2D eigenvalue weighted by molar-refractivity contribution is 9.09. The zero-order valence-corrected chi connectivity index (χ0v) is 17.4. The number of aryl methyl sites for hydroxylation is 3. The van der Waals surface area contributed by atoms with Gasteiger partial charge in [-0.25, -0.2) is 8.42 Å². The Morgan fingerprint density at radius 3 is 2.36 bits per heavy atom. The van der Waals surface area contributed by atoms with Gasteiger partial charge in [-0.2, -0.15) is 0 Å². The van der Waals surface area contributed by atoms with Gasteiger partial charge in [-0.15, -0.1) is 0 Å². The van der Waals surface area contributed by atoms with Crippen molar-refractivity contribution in [3.63, 3.8) is 0 Å². The van der Waals surface area contributed by atoms with Gasteiger partial charge < -0.3 is 4.74 Å². The third kappa shape index (κ3) is 6.15. The molecule has 0 bridgehead atoms. The van der Waals surface area contributed by atoms with Gasteiger partial charge in [0, 0.05) is 11.6 Å². The summed E-state index contributed by atoms with van der Waals surface area (Å²) in [5, 5.41) is 0.953. The smallest absolute Gasteiger partial charge is 0.147 e. The molecule has 2 rings (SSSR count). The van der Waals surface area contributed by atoms with E-state index in [1.807, 2.05) is 12.1 Å². The molecular weight excluding hydrogens is 400 g/mol. The maximum atomic E-state index is 11.2. The molecule has 0 saturated carbocycles. The Bertz CT molecular complexity index is 806. The Hall–Kier alpha value is -1.33. The van der Waals surface area contributed by atoms with E-state index in [9.17, 15) is 8.42 Å². The molecule has 5 heteroatoms. The van der Waals surface area contributed by atoms with Crippen LogP contribution in [-0.4, -0.2) is 32.4 Å². The Morgan fingerprint density at radius 2 is 1.76 bits per heavy atom. The topological polar surface area (TPSA) is 43.4 Å². The number of alkyl halides is 1. The van der Waals surface area contributed by atoms with Gasteiger partial charge in [0.15, 0.2) is 0 Å². The van der Waals surface area contributed by atoms with Crippen LogP contribution in [0.1, 0.15) is 23.1 Å². The number of rotatable bonds is 8. The van der Waals surface area contributed by atoms with E-state index >= 15 is 0 Å². The summed E-state index contributed by atoms with van der Waals surface area (Å²) in [5.41, 5.74) is 6.09.